The number of hydrogen-bond donors (Lipinski definition) is 2. The van der Waals surface area contributed by atoms with Crippen LogP contribution in [0.2, 0.25) is 0 Å². The Morgan fingerprint density at radius 2 is 2.00 bits per heavy atom. The first-order chi connectivity index (χ1) is 10.3. The van der Waals surface area contributed by atoms with Gasteiger partial charge in [-0.2, -0.15) is 0 Å². The Morgan fingerprint density at radius 3 is 2.71 bits per heavy atom. The van der Waals surface area contributed by atoms with E-state index in [0.29, 0.717) is 11.9 Å². The van der Waals surface area contributed by atoms with Gasteiger partial charge >= 0.3 is 0 Å². The second-order valence-corrected chi connectivity index (χ2v) is 5.48. The monoisotopic (exact) mass is 284 g/mol. The number of hydrogen-bond acceptors (Lipinski definition) is 4. The summed E-state index contributed by atoms with van der Waals surface area (Å²) in [5.41, 5.74) is 1.24. The number of rotatable bonds is 4. The number of aromatic amines is 1. The highest BCUT2D eigenvalue weighted by Gasteiger charge is 2.19. The summed E-state index contributed by atoms with van der Waals surface area (Å²) in [7, 11) is 0. The molecular formula is C16H20N4O. The summed E-state index contributed by atoms with van der Waals surface area (Å²) in [4.78, 5) is 20.4. The number of nitrogens with one attached hydrogen (secondary N) is 2. The molecule has 1 saturated heterocycles. The maximum atomic E-state index is 11.2. The van der Waals surface area contributed by atoms with Crippen LogP contribution in [0.25, 0.3) is 0 Å². The van der Waals surface area contributed by atoms with Crippen LogP contribution in [0.1, 0.15) is 18.4 Å². The van der Waals surface area contributed by atoms with Crippen molar-refractivity contribution in [3.05, 3.63) is 58.6 Å². The third kappa shape index (κ3) is 3.92. The number of piperidine rings is 1. The van der Waals surface area contributed by atoms with Crippen LogP contribution in [0.3, 0.4) is 0 Å². The molecule has 5 heteroatoms. The van der Waals surface area contributed by atoms with Crippen molar-refractivity contribution < 1.29 is 0 Å². The maximum absolute atomic E-state index is 11.2. The van der Waals surface area contributed by atoms with Crippen LogP contribution in [-0.2, 0) is 6.54 Å². The average Bonchev–Trinajstić information content (AvgIpc) is 2.50. The lowest BCUT2D eigenvalue weighted by molar-refractivity contribution is 0.211. The highest BCUT2D eigenvalue weighted by Crippen LogP contribution is 2.16. The molecule has 3 rings (SSSR count). The van der Waals surface area contributed by atoms with Crippen LogP contribution in [0.5, 0.6) is 0 Å². The van der Waals surface area contributed by atoms with Crippen molar-refractivity contribution in [2.24, 2.45) is 0 Å². The Balaban J connectivity index is 1.50. The van der Waals surface area contributed by atoms with E-state index >= 15 is 0 Å². The smallest absolute Gasteiger partial charge is 0.252 e. The molecule has 1 aromatic carbocycles. The van der Waals surface area contributed by atoms with Gasteiger partial charge in [0.2, 0.25) is 0 Å². The Morgan fingerprint density at radius 1 is 1.24 bits per heavy atom. The number of anilines is 1. The normalized spacial score (nSPS) is 16.8. The van der Waals surface area contributed by atoms with E-state index in [0.717, 1.165) is 32.5 Å². The van der Waals surface area contributed by atoms with Gasteiger partial charge in [-0.05, 0) is 18.4 Å². The van der Waals surface area contributed by atoms with Gasteiger partial charge in [-0.15, -0.1) is 0 Å². The Bertz CT molecular complexity index is 617. The maximum Gasteiger partial charge on any atom is 0.252 e. The lowest BCUT2D eigenvalue weighted by Gasteiger charge is -2.32. The zero-order valence-electron chi connectivity index (χ0n) is 12.0. The molecule has 0 spiro atoms. The molecule has 2 heterocycles. The van der Waals surface area contributed by atoms with E-state index in [2.05, 4.69) is 44.5 Å². The first-order valence-electron chi connectivity index (χ1n) is 7.37. The van der Waals surface area contributed by atoms with Crippen molar-refractivity contribution in [1.29, 1.82) is 0 Å². The predicted molar refractivity (Wildman–Crippen MR) is 83.2 cm³/mol. The zero-order chi connectivity index (χ0) is 14.5. The first-order valence-corrected chi connectivity index (χ1v) is 7.37. The van der Waals surface area contributed by atoms with Crippen molar-refractivity contribution in [1.82, 2.24) is 14.9 Å². The molecule has 0 unspecified atom stereocenters. The van der Waals surface area contributed by atoms with Crippen molar-refractivity contribution in [3.63, 3.8) is 0 Å². The van der Waals surface area contributed by atoms with Gasteiger partial charge in [0.05, 0.1) is 6.33 Å². The molecule has 0 saturated carbocycles. The molecule has 2 aromatic rings. The van der Waals surface area contributed by atoms with Crippen molar-refractivity contribution in [2.75, 3.05) is 18.4 Å². The van der Waals surface area contributed by atoms with Gasteiger partial charge in [-0.1, -0.05) is 30.3 Å². The Labute approximate surface area is 124 Å². The molecule has 1 aliphatic rings. The van der Waals surface area contributed by atoms with Crippen LogP contribution >= 0.6 is 0 Å². The van der Waals surface area contributed by atoms with E-state index < -0.39 is 0 Å². The second-order valence-electron chi connectivity index (χ2n) is 5.48. The fourth-order valence-electron chi connectivity index (χ4n) is 2.73. The molecule has 0 bridgehead atoms. The van der Waals surface area contributed by atoms with E-state index in [1.54, 1.807) is 0 Å². The third-order valence-electron chi connectivity index (χ3n) is 3.87. The zero-order valence-corrected chi connectivity index (χ0v) is 12.0. The van der Waals surface area contributed by atoms with Crippen LogP contribution < -0.4 is 10.9 Å². The summed E-state index contributed by atoms with van der Waals surface area (Å²) >= 11 is 0. The summed E-state index contributed by atoms with van der Waals surface area (Å²) in [6, 6.07) is 12.5. The van der Waals surface area contributed by atoms with Crippen LogP contribution in [0, 0.1) is 0 Å². The van der Waals surface area contributed by atoms with Gasteiger partial charge in [-0.3, -0.25) is 9.69 Å². The number of likely N-dealkylation sites (tertiary alicyclic amines) is 1. The summed E-state index contributed by atoms with van der Waals surface area (Å²) in [5.74, 6) is 0.667. The lowest BCUT2D eigenvalue weighted by atomic mass is 10.0. The van der Waals surface area contributed by atoms with Gasteiger partial charge in [0.15, 0.2) is 0 Å². The van der Waals surface area contributed by atoms with Crippen molar-refractivity contribution >= 4 is 5.82 Å². The Hall–Kier alpha value is -2.14. The molecule has 5 nitrogen and oxygen atoms in total. The average molecular weight is 284 g/mol. The van der Waals surface area contributed by atoms with Gasteiger partial charge in [0, 0.05) is 31.7 Å². The fourth-order valence-corrected chi connectivity index (χ4v) is 2.73. The lowest BCUT2D eigenvalue weighted by Crippen LogP contribution is -2.38. The topological polar surface area (TPSA) is 61.0 Å². The number of H-pyrrole nitrogens is 1. The second kappa shape index (κ2) is 6.54. The molecule has 1 aliphatic heterocycles. The molecule has 0 aliphatic carbocycles. The molecule has 0 amide bonds. The minimum Gasteiger partial charge on any atom is -0.367 e. The summed E-state index contributed by atoms with van der Waals surface area (Å²) in [5, 5.41) is 3.35. The largest absolute Gasteiger partial charge is 0.367 e. The highest BCUT2D eigenvalue weighted by molar-refractivity contribution is 5.33. The standard InChI is InChI=1S/C16H20N4O/c21-16-10-15(17-12-18-16)19-14-6-8-20(9-7-14)11-13-4-2-1-3-5-13/h1-5,10,12,14H,6-9,11H2,(H2,17,18,19,21). The molecule has 2 N–H and O–H groups in total. The summed E-state index contributed by atoms with van der Waals surface area (Å²) < 4.78 is 0. The fraction of sp³-hybridized carbons (Fsp3) is 0.375. The molecule has 1 aromatic heterocycles. The van der Waals surface area contributed by atoms with Gasteiger partial charge in [-0.25, -0.2) is 4.98 Å². The number of aromatic nitrogens is 2. The minimum absolute atomic E-state index is 0.117. The third-order valence-corrected chi connectivity index (χ3v) is 3.87. The van der Waals surface area contributed by atoms with E-state index in [-0.39, 0.29) is 5.56 Å². The van der Waals surface area contributed by atoms with Crippen molar-refractivity contribution in [2.45, 2.75) is 25.4 Å². The number of benzene rings is 1. The highest BCUT2D eigenvalue weighted by atomic mass is 16.1. The molecule has 21 heavy (non-hydrogen) atoms. The van der Waals surface area contributed by atoms with Crippen LogP contribution in [-0.4, -0.2) is 34.0 Å². The number of nitrogens with zero attached hydrogens (tertiary/aromatic N) is 2. The SMILES string of the molecule is O=c1cc(NC2CCN(Cc3ccccc3)CC2)nc[nH]1. The molecule has 1 fully saturated rings. The molecule has 110 valence electrons. The van der Waals surface area contributed by atoms with Gasteiger partial charge in [0.1, 0.15) is 5.82 Å². The van der Waals surface area contributed by atoms with E-state index in [1.165, 1.54) is 18.0 Å². The quantitative estimate of drug-likeness (QED) is 0.899. The molecular weight excluding hydrogens is 264 g/mol. The summed E-state index contributed by atoms with van der Waals surface area (Å²) in [6.45, 7) is 3.14. The van der Waals surface area contributed by atoms with Crippen LogP contribution in [0.15, 0.2) is 47.5 Å². The Kier molecular flexibility index (Phi) is 4.31. The first kappa shape index (κ1) is 13.8. The van der Waals surface area contributed by atoms with Gasteiger partial charge in [0.25, 0.3) is 5.56 Å². The van der Waals surface area contributed by atoms with Crippen molar-refractivity contribution in [3.8, 4) is 0 Å². The van der Waals surface area contributed by atoms with E-state index in [1.807, 2.05) is 6.07 Å². The van der Waals surface area contributed by atoms with E-state index in [9.17, 15) is 4.79 Å². The van der Waals surface area contributed by atoms with E-state index in [4.69, 9.17) is 0 Å². The molecule has 0 radical (unpaired) electrons. The predicted octanol–water partition coefficient (Wildman–Crippen LogP) is 1.85. The summed E-state index contributed by atoms with van der Waals surface area (Å²) in [6.07, 6.45) is 3.58. The molecule has 0 atom stereocenters. The van der Waals surface area contributed by atoms with Crippen LogP contribution in [0.4, 0.5) is 5.82 Å². The minimum atomic E-state index is -0.117. The van der Waals surface area contributed by atoms with Gasteiger partial charge < -0.3 is 10.3 Å².